The van der Waals surface area contributed by atoms with Crippen LogP contribution >= 0.6 is 0 Å². The normalized spacial score (nSPS) is 21.2. The summed E-state index contributed by atoms with van der Waals surface area (Å²) in [5.41, 5.74) is 0.630. The van der Waals surface area contributed by atoms with Crippen molar-refractivity contribution in [1.82, 2.24) is 5.32 Å². The number of ether oxygens (including phenoxy) is 2. The quantitative estimate of drug-likeness (QED) is 0.869. The Labute approximate surface area is 133 Å². The van der Waals surface area contributed by atoms with E-state index in [-0.39, 0.29) is 5.91 Å². The molecule has 22 heavy (non-hydrogen) atoms. The third kappa shape index (κ3) is 4.39. The summed E-state index contributed by atoms with van der Waals surface area (Å²) in [6.07, 6.45) is 4.61. The number of hydrogen-bond acceptors (Lipinski definition) is 3. The molecule has 1 aliphatic rings. The Morgan fingerprint density at radius 3 is 2.59 bits per heavy atom. The number of rotatable bonds is 6. The van der Waals surface area contributed by atoms with E-state index >= 15 is 0 Å². The lowest BCUT2D eigenvalue weighted by Crippen LogP contribution is -2.37. The largest absolute Gasteiger partial charge is 0.490 e. The van der Waals surface area contributed by atoms with E-state index < -0.39 is 0 Å². The fourth-order valence-corrected chi connectivity index (χ4v) is 3.03. The molecule has 1 N–H and O–H groups in total. The zero-order valence-corrected chi connectivity index (χ0v) is 13.9. The summed E-state index contributed by atoms with van der Waals surface area (Å²) >= 11 is 0. The van der Waals surface area contributed by atoms with Gasteiger partial charge in [0.25, 0.3) is 5.91 Å². The SMILES string of the molecule is CCOc1ccc(C(=O)NC2CCCC(C)C2)cc1OCC. The van der Waals surface area contributed by atoms with E-state index in [9.17, 15) is 4.79 Å². The monoisotopic (exact) mass is 305 g/mol. The first-order chi connectivity index (χ1) is 10.6. The Bertz CT molecular complexity index is 501. The number of carbonyl (C=O) groups is 1. The molecule has 1 aromatic carbocycles. The lowest BCUT2D eigenvalue weighted by atomic mass is 9.87. The molecule has 1 amide bonds. The molecular weight excluding hydrogens is 278 g/mol. The Balaban J connectivity index is 2.06. The summed E-state index contributed by atoms with van der Waals surface area (Å²) in [7, 11) is 0. The van der Waals surface area contributed by atoms with Crippen LogP contribution in [0.15, 0.2) is 18.2 Å². The van der Waals surface area contributed by atoms with Crippen molar-refractivity contribution >= 4 is 5.91 Å². The van der Waals surface area contributed by atoms with Gasteiger partial charge in [-0.1, -0.05) is 19.8 Å². The van der Waals surface area contributed by atoms with Crippen molar-refractivity contribution in [1.29, 1.82) is 0 Å². The van der Waals surface area contributed by atoms with E-state index in [1.807, 2.05) is 19.9 Å². The van der Waals surface area contributed by atoms with Gasteiger partial charge in [0.1, 0.15) is 0 Å². The van der Waals surface area contributed by atoms with Crippen LogP contribution in [0.5, 0.6) is 11.5 Å². The molecule has 0 heterocycles. The molecule has 1 fully saturated rings. The van der Waals surface area contributed by atoms with Gasteiger partial charge >= 0.3 is 0 Å². The van der Waals surface area contributed by atoms with E-state index in [1.165, 1.54) is 12.8 Å². The molecule has 1 saturated carbocycles. The van der Waals surface area contributed by atoms with Crippen LogP contribution in [0.25, 0.3) is 0 Å². The molecule has 0 aromatic heterocycles. The van der Waals surface area contributed by atoms with E-state index in [2.05, 4.69) is 12.2 Å². The second-order valence-corrected chi connectivity index (χ2v) is 5.97. The highest BCUT2D eigenvalue weighted by molar-refractivity contribution is 5.95. The molecule has 0 spiro atoms. The van der Waals surface area contributed by atoms with Crippen molar-refractivity contribution in [2.75, 3.05) is 13.2 Å². The van der Waals surface area contributed by atoms with Gasteiger partial charge in [-0.05, 0) is 50.8 Å². The van der Waals surface area contributed by atoms with Crippen LogP contribution in [0.3, 0.4) is 0 Å². The van der Waals surface area contributed by atoms with Crippen LogP contribution in [0, 0.1) is 5.92 Å². The molecule has 2 rings (SSSR count). The van der Waals surface area contributed by atoms with E-state index in [4.69, 9.17) is 9.47 Å². The highest BCUT2D eigenvalue weighted by Gasteiger charge is 2.21. The van der Waals surface area contributed by atoms with Gasteiger partial charge in [0.2, 0.25) is 0 Å². The van der Waals surface area contributed by atoms with Crippen molar-refractivity contribution < 1.29 is 14.3 Å². The van der Waals surface area contributed by atoms with Gasteiger partial charge in [0, 0.05) is 11.6 Å². The summed E-state index contributed by atoms with van der Waals surface area (Å²) in [6.45, 7) is 7.23. The lowest BCUT2D eigenvalue weighted by Gasteiger charge is -2.27. The van der Waals surface area contributed by atoms with Gasteiger partial charge in [-0.15, -0.1) is 0 Å². The molecule has 122 valence electrons. The van der Waals surface area contributed by atoms with Crippen LogP contribution in [0.2, 0.25) is 0 Å². The number of carbonyl (C=O) groups excluding carboxylic acids is 1. The maximum absolute atomic E-state index is 12.4. The summed E-state index contributed by atoms with van der Waals surface area (Å²) < 4.78 is 11.1. The van der Waals surface area contributed by atoms with E-state index in [1.54, 1.807) is 12.1 Å². The Hall–Kier alpha value is -1.71. The minimum atomic E-state index is -0.0249. The second kappa shape index (κ2) is 8.06. The summed E-state index contributed by atoms with van der Waals surface area (Å²) in [6, 6.07) is 5.68. The number of hydrogen-bond donors (Lipinski definition) is 1. The lowest BCUT2D eigenvalue weighted by molar-refractivity contribution is 0.0921. The number of nitrogens with one attached hydrogen (secondary N) is 1. The van der Waals surface area contributed by atoms with Crippen molar-refractivity contribution in [3.05, 3.63) is 23.8 Å². The third-order valence-corrected chi connectivity index (χ3v) is 4.08. The Kier molecular flexibility index (Phi) is 6.10. The zero-order chi connectivity index (χ0) is 15.9. The fourth-order valence-electron chi connectivity index (χ4n) is 3.03. The van der Waals surface area contributed by atoms with Gasteiger partial charge in [-0.25, -0.2) is 0 Å². The topological polar surface area (TPSA) is 47.6 Å². The van der Waals surface area contributed by atoms with Crippen LogP contribution in [0.4, 0.5) is 0 Å². The summed E-state index contributed by atoms with van der Waals surface area (Å²) in [4.78, 5) is 12.4. The van der Waals surface area contributed by atoms with Gasteiger partial charge in [0.05, 0.1) is 13.2 Å². The highest BCUT2D eigenvalue weighted by Crippen LogP contribution is 2.29. The number of amides is 1. The molecule has 0 aliphatic heterocycles. The number of benzene rings is 1. The van der Waals surface area contributed by atoms with Gasteiger partial charge in [-0.3, -0.25) is 4.79 Å². The van der Waals surface area contributed by atoms with Crippen LogP contribution in [0.1, 0.15) is 56.8 Å². The molecule has 0 saturated heterocycles. The second-order valence-electron chi connectivity index (χ2n) is 5.97. The van der Waals surface area contributed by atoms with Gasteiger partial charge in [0.15, 0.2) is 11.5 Å². The average molecular weight is 305 g/mol. The molecule has 0 bridgehead atoms. The van der Waals surface area contributed by atoms with Gasteiger partial charge in [-0.2, -0.15) is 0 Å². The molecule has 2 atom stereocenters. The minimum Gasteiger partial charge on any atom is -0.490 e. The first-order valence-electron chi connectivity index (χ1n) is 8.34. The molecule has 2 unspecified atom stereocenters. The third-order valence-electron chi connectivity index (χ3n) is 4.08. The fraction of sp³-hybridized carbons (Fsp3) is 0.611. The molecular formula is C18H27NO3. The Morgan fingerprint density at radius 1 is 1.18 bits per heavy atom. The molecule has 1 aliphatic carbocycles. The predicted octanol–water partition coefficient (Wildman–Crippen LogP) is 3.79. The average Bonchev–Trinajstić information content (AvgIpc) is 2.49. The van der Waals surface area contributed by atoms with Gasteiger partial charge < -0.3 is 14.8 Å². The zero-order valence-electron chi connectivity index (χ0n) is 13.9. The summed E-state index contributed by atoms with van der Waals surface area (Å²) in [5, 5.41) is 3.15. The minimum absolute atomic E-state index is 0.0249. The van der Waals surface area contributed by atoms with Crippen molar-refractivity contribution in [2.24, 2.45) is 5.92 Å². The van der Waals surface area contributed by atoms with Crippen molar-refractivity contribution in [2.45, 2.75) is 52.5 Å². The van der Waals surface area contributed by atoms with E-state index in [0.29, 0.717) is 42.2 Å². The highest BCUT2D eigenvalue weighted by atomic mass is 16.5. The first kappa shape index (κ1) is 16.7. The molecule has 1 aromatic rings. The molecule has 4 nitrogen and oxygen atoms in total. The van der Waals surface area contributed by atoms with E-state index in [0.717, 1.165) is 12.8 Å². The Morgan fingerprint density at radius 2 is 1.91 bits per heavy atom. The maximum atomic E-state index is 12.4. The van der Waals surface area contributed by atoms with Crippen LogP contribution in [-0.2, 0) is 0 Å². The molecule has 4 heteroatoms. The standard InChI is InChI=1S/C18H27NO3/c1-4-21-16-10-9-14(12-17(16)22-5-2)18(20)19-15-8-6-7-13(3)11-15/h9-10,12-13,15H,4-8,11H2,1-3H3,(H,19,20). The predicted molar refractivity (Wildman–Crippen MR) is 87.7 cm³/mol. The smallest absolute Gasteiger partial charge is 0.251 e. The van der Waals surface area contributed by atoms with Crippen LogP contribution < -0.4 is 14.8 Å². The van der Waals surface area contributed by atoms with Crippen LogP contribution in [-0.4, -0.2) is 25.2 Å². The summed E-state index contributed by atoms with van der Waals surface area (Å²) in [5.74, 6) is 1.99. The van der Waals surface area contributed by atoms with Crippen molar-refractivity contribution in [3.8, 4) is 11.5 Å². The maximum Gasteiger partial charge on any atom is 0.251 e. The molecule has 0 radical (unpaired) electrons. The van der Waals surface area contributed by atoms with Crippen molar-refractivity contribution in [3.63, 3.8) is 0 Å². The first-order valence-corrected chi connectivity index (χ1v) is 8.34.